The fourth-order valence-corrected chi connectivity index (χ4v) is 3.19. The van der Waals surface area contributed by atoms with E-state index in [1.807, 2.05) is 13.8 Å². The number of aromatic nitrogens is 3. The van der Waals surface area contributed by atoms with Gasteiger partial charge in [-0.2, -0.15) is 0 Å². The molecule has 8 nitrogen and oxygen atoms in total. The summed E-state index contributed by atoms with van der Waals surface area (Å²) in [5.74, 6) is 0.390. The molecule has 0 aliphatic carbocycles. The standard InChI is InChI=1S/C12H22N4O4S/c1-6-16-9(14-15-11(16)21(5,18)19)8(2)7-12(3,4)20-10(13)17/h8H,6-7H2,1-5H3,(H2,13,17). The highest BCUT2D eigenvalue weighted by molar-refractivity contribution is 7.90. The summed E-state index contributed by atoms with van der Waals surface area (Å²) in [6.45, 7) is 7.59. The Morgan fingerprint density at radius 1 is 1.43 bits per heavy atom. The Morgan fingerprint density at radius 2 is 2.00 bits per heavy atom. The van der Waals surface area contributed by atoms with Crippen molar-refractivity contribution in [1.82, 2.24) is 14.8 Å². The molecule has 1 unspecified atom stereocenters. The lowest BCUT2D eigenvalue weighted by Crippen LogP contribution is -2.32. The van der Waals surface area contributed by atoms with Crippen molar-refractivity contribution in [1.29, 1.82) is 0 Å². The second-order valence-corrected chi connectivity index (χ2v) is 7.55. The molecule has 0 radical (unpaired) electrons. The molecule has 0 aromatic carbocycles. The lowest BCUT2D eigenvalue weighted by atomic mass is 9.94. The number of carbonyl (C=O) groups is 1. The molecule has 0 aliphatic heterocycles. The number of nitrogens with zero attached hydrogens (tertiary/aromatic N) is 3. The lowest BCUT2D eigenvalue weighted by molar-refractivity contribution is 0.0340. The molecule has 0 bridgehead atoms. The Balaban J connectivity index is 3.06. The van der Waals surface area contributed by atoms with Gasteiger partial charge in [0.1, 0.15) is 11.4 Å². The van der Waals surface area contributed by atoms with Crippen LogP contribution in [0.4, 0.5) is 4.79 Å². The van der Waals surface area contributed by atoms with Crippen LogP contribution in [-0.2, 0) is 21.1 Å². The van der Waals surface area contributed by atoms with Crippen LogP contribution in [0.1, 0.15) is 45.9 Å². The van der Waals surface area contributed by atoms with Crippen molar-refractivity contribution < 1.29 is 17.9 Å². The molecule has 1 aromatic rings. The van der Waals surface area contributed by atoms with Crippen LogP contribution in [0.5, 0.6) is 0 Å². The molecule has 0 fully saturated rings. The molecule has 2 N–H and O–H groups in total. The van der Waals surface area contributed by atoms with E-state index < -0.39 is 21.5 Å². The SMILES string of the molecule is CCn1c(C(C)CC(C)(C)OC(N)=O)nnc1S(C)(=O)=O. The summed E-state index contributed by atoms with van der Waals surface area (Å²) in [7, 11) is -3.44. The molecule has 1 heterocycles. The summed E-state index contributed by atoms with van der Waals surface area (Å²) in [4.78, 5) is 10.9. The van der Waals surface area contributed by atoms with E-state index in [1.54, 1.807) is 18.4 Å². The van der Waals surface area contributed by atoms with Crippen LogP contribution < -0.4 is 5.73 Å². The van der Waals surface area contributed by atoms with Gasteiger partial charge in [-0.05, 0) is 27.2 Å². The van der Waals surface area contributed by atoms with Crippen molar-refractivity contribution in [2.75, 3.05) is 6.26 Å². The monoisotopic (exact) mass is 318 g/mol. The van der Waals surface area contributed by atoms with Crippen molar-refractivity contribution in [2.24, 2.45) is 5.73 Å². The van der Waals surface area contributed by atoms with Crippen LogP contribution in [0.3, 0.4) is 0 Å². The molecule has 120 valence electrons. The van der Waals surface area contributed by atoms with E-state index in [1.165, 1.54) is 0 Å². The van der Waals surface area contributed by atoms with Gasteiger partial charge < -0.3 is 15.0 Å². The van der Waals surface area contributed by atoms with Crippen LogP contribution in [0.25, 0.3) is 0 Å². The molecular weight excluding hydrogens is 296 g/mol. The number of nitrogens with two attached hydrogens (primary N) is 1. The summed E-state index contributed by atoms with van der Waals surface area (Å²) in [5.41, 5.74) is 4.26. The number of ether oxygens (including phenoxy) is 1. The van der Waals surface area contributed by atoms with E-state index in [-0.39, 0.29) is 11.1 Å². The maximum absolute atomic E-state index is 11.7. The van der Waals surface area contributed by atoms with Gasteiger partial charge in [0.05, 0.1) is 0 Å². The largest absolute Gasteiger partial charge is 0.444 e. The summed E-state index contributed by atoms with van der Waals surface area (Å²) in [6, 6.07) is 0. The minimum Gasteiger partial charge on any atom is -0.444 e. The second-order valence-electron chi connectivity index (χ2n) is 5.64. The van der Waals surface area contributed by atoms with Crippen LogP contribution in [-0.4, -0.2) is 41.1 Å². The van der Waals surface area contributed by atoms with Crippen molar-refractivity contribution in [3.8, 4) is 0 Å². The van der Waals surface area contributed by atoms with Crippen LogP contribution >= 0.6 is 0 Å². The van der Waals surface area contributed by atoms with Gasteiger partial charge in [0.25, 0.3) is 0 Å². The van der Waals surface area contributed by atoms with Gasteiger partial charge in [0.15, 0.2) is 0 Å². The highest BCUT2D eigenvalue weighted by Crippen LogP contribution is 2.28. The third-order valence-electron chi connectivity index (χ3n) is 3.01. The zero-order chi connectivity index (χ0) is 16.4. The fourth-order valence-electron chi connectivity index (χ4n) is 2.38. The number of hydrogen-bond donors (Lipinski definition) is 1. The number of primary amides is 1. The number of sulfone groups is 1. The first-order valence-electron chi connectivity index (χ1n) is 6.59. The molecule has 0 saturated heterocycles. The van der Waals surface area contributed by atoms with E-state index in [0.29, 0.717) is 18.8 Å². The second kappa shape index (κ2) is 6.00. The smallest absolute Gasteiger partial charge is 0.405 e. The number of carbonyl (C=O) groups excluding carboxylic acids is 1. The van der Waals surface area contributed by atoms with Gasteiger partial charge in [-0.1, -0.05) is 6.92 Å². The van der Waals surface area contributed by atoms with Gasteiger partial charge in [0, 0.05) is 18.7 Å². The average molecular weight is 318 g/mol. The first-order valence-corrected chi connectivity index (χ1v) is 8.48. The van der Waals surface area contributed by atoms with Crippen molar-refractivity contribution in [2.45, 2.75) is 57.3 Å². The predicted octanol–water partition coefficient (Wildman–Crippen LogP) is 1.07. The Hall–Kier alpha value is -1.64. The van der Waals surface area contributed by atoms with Gasteiger partial charge >= 0.3 is 6.09 Å². The predicted molar refractivity (Wildman–Crippen MR) is 76.6 cm³/mol. The Bertz CT molecular complexity index is 621. The van der Waals surface area contributed by atoms with Crippen molar-refractivity contribution in [3.05, 3.63) is 5.82 Å². The Kier molecular flexibility index (Phi) is 4.98. The highest BCUT2D eigenvalue weighted by atomic mass is 32.2. The minimum absolute atomic E-state index is 0.0551. The maximum Gasteiger partial charge on any atom is 0.405 e. The Morgan fingerprint density at radius 3 is 2.43 bits per heavy atom. The third-order valence-corrected chi connectivity index (χ3v) is 3.97. The fraction of sp³-hybridized carbons (Fsp3) is 0.750. The van der Waals surface area contributed by atoms with Gasteiger partial charge in [0.2, 0.25) is 15.0 Å². The summed E-state index contributed by atoms with van der Waals surface area (Å²) < 4.78 is 29.9. The third kappa shape index (κ3) is 4.42. The van der Waals surface area contributed by atoms with Gasteiger partial charge in [-0.15, -0.1) is 10.2 Å². The number of amides is 1. The molecule has 0 saturated carbocycles. The molecule has 1 aromatic heterocycles. The first-order chi connectivity index (χ1) is 9.48. The van der Waals surface area contributed by atoms with Gasteiger partial charge in [-0.25, -0.2) is 13.2 Å². The number of hydrogen-bond acceptors (Lipinski definition) is 6. The zero-order valence-corrected chi connectivity index (χ0v) is 13.8. The van der Waals surface area contributed by atoms with E-state index in [0.717, 1.165) is 6.26 Å². The molecular formula is C12H22N4O4S. The summed E-state index contributed by atoms with van der Waals surface area (Å²) in [5, 5.41) is 7.69. The van der Waals surface area contributed by atoms with E-state index in [4.69, 9.17) is 10.5 Å². The maximum atomic E-state index is 11.7. The molecule has 9 heteroatoms. The topological polar surface area (TPSA) is 117 Å². The molecule has 0 aliphatic rings. The van der Waals surface area contributed by atoms with Gasteiger partial charge in [-0.3, -0.25) is 0 Å². The van der Waals surface area contributed by atoms with Crippen molar-refractivity contribution in [3.63, 3.8) is 0 Å². The average Bonchev–Trinajstić information content (AvgIpc) is 2.68. The van der Waals surface area contributed by atoms with Crippen LogP contribution in [0.2, 0.25) is 0 Å². The quantitative estimate of drug-likeness (QED) is 0.838. The minimum atomic E-state index is -3.44. The zero-order valence-electron chi connectivity index (χ0n) is 13.0. The lowest BCUT2D eigenvalue weighted by Gasteiger charge is -2.27. The van der Waals surface area contributed by atoms with E-state index in [2.05, 4.69) is 10.2 Å². The van der Waals surface area contributed by atoms with Crippen LogP contribution in [0, 0.1) is 0 Å². The molecule has 1 rings (SSSR count). The molecule has 21 heavy (non-hydrogen) atoms. The highest BCUT2D eigenvalue weighted by Gasteiger charge is 2.29. The Labute approximate surface area is 124 Å². The molecule has 1 amide bonds. The van der Waals surface area contributed by atoms with E-state index in [9.17, 15) is 13.2 Å². The van der Waals surface area contributed by atoms with E-state index >= 15 is 0 Å². The molecule has 1 atom stereocenters. The first kappa shape index (κ1) is 17.4. The van der Waals surface area contributed by atoms with Crippen LogP contribution in [0.15, 0.2) is 5.16 Å². The van der Waals surface area contributed by atoms with Crippen molar-refractivity contribution >= 4 is 15.9 Å². The summed E-state index contributed by atoms with van der Waals surface area (Å²) in [6.07, 6.45) is 0.691. The number of rotatable bonds is 6. The molecule has 0 spiro atoms. The summed E-state index contributed by atoms with van der Waals surface area (Å²) >= 11 is 0. The normalized spacial score (nSPS) is 14.0.